The van der Waals surface area contributed by atoms with Crippen LogP contribution in [0.25, 0.3) is 0 Å². The molecule has 108 valence electrons. The minimum Gasteiger partial charge on any atom is -0.392 e. The summed E-state index contributed by atoms with van der Waals surface area (Å²) in [4.78, 5) is 13.8. The molecular formula is C16H22N2O2. The average Bonchev–Trinajstić information content (AvgIpc) is 2.85. The number of hydrogen-bond acceptors (Lipinski definition) is 3. The number of nitrogens with zero attached hydrogens (tertiary/aromatic N) is 1. The zero-order valence-corrected chi connectivity index (χ0v) is 12.1. The molecule has 0 radical (unpaired) electrons. The van der Waals surface area contributed by atoms with Gasteiger partial charge in [0.05, 0.1) is 17.5 Å². The standard InChI is InChI=1S/C16H22N2O2/c1-16(2)13(10-14(16)19)17-11-6-3-4-7-12(11)18-9-5-8-15(18)20/h3-4,6-7,13-14,17,19H,5,8-10H2,1-2H3. The topological polar surface area (TPSA) is 52.6 Å². The summed E-state index contributed by atoms with van der Waals surface area (Å²) >= 11 is 0. The SMILES string of the molecule is CC1(C)C(O)CC1Nc1ccccc1N1CCCC1=O. The first kappa shape index (κ1) is 13.4. The second kappa shape index (κ2) is 4.77. The third-order valence-electron chi connectivity index (χ3n) is 4.81. The van der Waals surface area contributed by atoms with Gasteiger partial charge >= 0.3 is 0 Å². The molecule has 0 aromatic heterocycles. The van der Waals surface area contributed by atoms with Crippen LogP contribution in [0.4, 0.5) is 11.4 Å². The van der Waals surface area contributed by atoms with Crippen molar-refractivity contribution in [2.24, 2.45) is 5.41 Å². The van der Waals surface area contributed by atoms with Gasteiger partial charge < -0.3 is 15.3 Å². The molecule has 1 aromatic carbocycles. The lowest BCUT2D eigenvalue weighted by molar-refractivity contribution is -0.117. The van der Waals surface area contributed by atoms with Crippen LogP contribution in [0, 0.1) is 5.41 Å². The van der Waals surface area contributed by atoms with Gasteiger partial charge in [0, 0.05) is 24.4 Å². The van der Waals surface area contributed by atoms with E-state index in [4.69, 9.17) is 0 Å². The van der Waals surface area contributed by atoms with Crippen LogP contribution in [0.1, 0.15) is 33.1 Å². The Morgan fingerprint density at radius 2 is 2.10 bits per heavy atom. The van der Waals surface area contributed by atoms with Gasteiger partial charge in [0.1, 0.15) is 0 Å². The summed E-state index contributed by atoms with van der Waals surface area (Å²) < 4.78 is 0. The number of amides is 1. The molecule has 2 unspecified atom stereocenters. The van der Waals surface area contributed by atoms with Gasteiger partial charge in [0.25, 0.3) is 0 Å². The van der Waals surface area contributed by atoms with E-state index in [9.17, 15) is 9.90 Å². The highest BCUT2D eigenvalue weighted by Crippen LogP contribution is 2.43. The minimum absolute atomic E-state index is 0.123. The van der Waals surface area contributed by atoms with E-state index < -0.39 is 0 Å². The quantitative estimate of drug-likeness (QED) is 0.890. The van der Waals surface area contributed by atoms with Crippen LogP contribution in [-0.4, -0.2) is 29.7 Å². The maximum atomic E-state index is 11.9. The molecule has 0 bridgehead atoms. The van der Waals surface area contributed by atoms with E-state index in [1.807, 2.05) is 29.2 Å². The molecule has 1 aliphatic carbocycles. The van der Waals surface area contributed by atoms with Crippen molar-refractivity contribution in [2.45, 2.75) is 45.3 Å². The van der Waals surface area contributed by atoms with E-state index >= 15 is 0 Å². The van der Waals surface area contributed by atoms with Gasteiger partial charge in [-0.15, -0.1) is 0 Å². The molecular weight excluding hydrogens is 252 g/mol. The summed E-state index contributed by atoms with van der Waals surface area (Å²) in [5, 5.41) is 13.4. The monoisotopic (exact) mass is 274 g/mol. The Balaban J connectivity index is 1.82. The molecule has 0 spiro atoms. The molecule has 1 saturated carbocycles. The number of carbonyl (C=O) groups excluding carboxylic acids is 1. The normalized spacial score (nSPS) is 28.4. The maximum Gasteiger partial charge on any atom is 0.227 e. The third kappa shape index (κ3) is 2.08. The van der Waals surface area contributed by atoms with Gasteiger partial charge in [-0.05, 0) is 25.0 Å². The smallest absolute Gasteiger partial charge is 0.227 e. The molecule has 2 atom stereocenters. The van der Waals surface area contributed by atoms with Gasteiger partial charge in [-0.2, -0.15) is 0 Å². The molecule has 2 aliphatic rings. The van der Waals surface area contributed by atoms with Crippen molar-refractivity contribution in [1.82, 2.24) is 0 Å². The minimum atomic E-state index is -0.249. The van der Waals surface area contributed by atoms with Crippen LogP contribution in [0.2, 0.25) is 0 Å². The molecule has 20 heavy (non-hydrogen) atoms. The van der Waals surface area contributed by atoms with E-state index in [1.54, 1.807) is 0 Å². The summed E-state index contributed by atoms with van der Waals surface area (Å²) in [5.41, 5.74) is 1.84. The molecule has 1 saturated heterocycles. The lowest BCUT2D eigenvalue weighted by atomic mass is 9.64. The molecule has 4 heteroatoms. The fourth-order valence-corrected chi connectivity index (χ4v) is 3.07. The maximum absolute atomic E-state index is 11.9. The Hall–Kier alpha value is -1.55. The number of rotatable bonds is 3. The predicted octanol–water partition coefficient (Wildman–Crippen LogP) is 2.38. The van der Waals surface area contributed by atoms with Crippen LogP contribution in [0.3, 0.4) is 0 Å². The number of aliphatic hydroxyl groups is 1. The number of hydrogen-bond donors (Lipinski definition) is 2. The van der Waals surface area contributed by atoms with E-state index in [0.717, 1.165) is 30.8 Å². The van der Waals surface area contributed by atoms with Crippen LogP contribution in [0.5, 0.6) is 0 Å². The number of para-hydroxylation sites is 2. The summed E-state index contributed by atoms with van der Waals surface area (Å²) in [6.45, 7) is 4.94. The van der Waals surface area contributed by atoms with Crippen molar-refractivity contribution >= 4 is 17.3 Å². The first-order chi connectivity index (χ1) is 9.50. The summed E-state index contributed by atoms with van der Waals surface area (Å²) in [7, 11) is 0. The highest BCUT2D eigenvalue weighted by Gasteiger charge is 2.47. The average molecular weight is 274 g/mol. The third-order valence-corrected chi connectivity index (χ3v) is 4.81. The molecule has 1 heterocycles. The largest absolute Gasteiger partial charge is 0.392 e. The summed E-state index contributed by atoms with van der Waals surface area (Å²) in [5.74, 6) is 0.201. The fourth-order valence-electron chi connectivity index (χ4n) is 3.07. The molecule has 1 aromatic rings. The zero-order valence-electron chi connectivity index (χ0n) is 12.1. The van der Waals surface area contributed by atoms with Crippen molar-refractivity contribution in [3.05, 3.63) is 24.3 Å². The van der Waals surface area contributed by atoms with Gasteiger partial charge in [0.2, 0.25) is 5.91 Å². The van der Waals surface area contributed by atoms with Crippen LogP contribution >= 0.6 is 0 Å². The molecule has 1 amide bonds. The first-order valence-corrected chi connectivity index (χ1v) is 7.34. The Kier molecular flexibility index (Phi) is 3.21. The van der Waals surface area contributed by atoms with Gasteiger partial charge in [-0.3, -0.25) is 4.79 Å². The van der Waals surface area contributed by atoms with Crippen LogP contribution < -0.4 is 10.2 Å². The molecule has 2 N–H and O–H groups in total. The summed E-state index contributed by atoms with van der Waals surface area (Å²) in [6.07, 6.45) is 2.08. The second-order valence-electron chi connectivity index (χ2n) is 6.44. The van der Waals surface area contributed by atoms with Gasteiger partial charge in [-0.25, -0.2) is 0 Å². The number of anilines is 2. The van der Waals surface area contributed by atoms with Gasteiger partial charge in [0.15, 0.2) is 0 Å². The second-order valence-corrected chi connectivity index (χ2v) is 6.44. The van der Waals surface area contributed by atoms with E-state index in [-0.39, 0.29) is 23.5 Å². The number of carbonyl (C=O) groups is 1. The molecule has 3 rings (SSSR count). The van der Waals surface area contributed by atoms with Crippen LogP contribution in [0.15, 0.2) is 24.3 Å². The van der Waals surface area contributed by atoms with Crippen molar-refractivity contribution in [3.8, 4) is 0 Å². The lowest BCUT2D eigenvalue weighted by Crippen LogP contribution is -2.57. The lowest BCUT2D eigenvalue weighted by Gasteiger charge is -2.50. The Bertz CT molecular complexity index is 527. The van der Waals surface area contributed by atoms with Gasteiger partial charge in [-0.1, -0.05) is 26.0 Å². The predicted molar refractivity (Wildman–Crippen MR) is 79.8 cm³/mol. The number of benzene rings is 1. The van der Waals surface area contributed by atoms with Crippen molar-refractivity contribution in [3.63, 3.8) is 0 Å². The highest BCUT2D eigenvalue weighted by atomic mass is 16.3. The van der Waals surface area contributed by atoms with E-state index in [1.165, 1.54) is 0 Å². The fraction of sp³-hybridized carbons (Fsp3) is 0.562. The molecule has 2 fully saturated rings. The van der Waals surface area contributed by atoms with Crippen molar-refractivity contribution in [2.75, 3.05) is 16.8 Å². The Morgan fingerprint density at radius 1 is 1.35 bits per heavy atom. The Labute approximate surface area is 119 Å². The zero-order chi connectivity index (χ0) is 14.3. The van der Waals surface area contributed by atoms with E-state index in [0.29, 0.717) is 6.42 Å². The summed E-state index contributed by atoms with van der Waals surface area (Å²) in [6, 6.07) is 8.20. The highest BCUT2D eigenvalue weighted by molar-refractivity contribution is 5.98. The Morgan fingerprint density at radius 3 is 2.70 bits per heavy atom. The number of nitrogens with one attached hydrogen (secondary N) is 1. The number of aliphatic hydroxyl groups excluding tert-OH is 1. The van der Waals surface area contributed by atoms with Crippen LogP contribution in [-0.2, 0) is 4.79 Å². The van der Waals surface area contributed by atoms with E-state index in [2.05, 4.69) is 19.2 Å². The molecule has 4 nitrogen and oxygen atoms in total. The molecule has 1 aliphatic heterocycles. The van der Waals surface area contributed by atoms with Crippen molar-refractivity contribution < 1.29 is 9.90 Å². The first-order valence-electron chi connectivity index (χ1n) is 7.34. The van der Waals surface area contributed by atoms with Crippen molar-refractivity contribution in [1.29, 1.82) is 0 Å².